The molecule has 6 heterocycles. The van der Waals surface area contributed by atoms with Crippen molar-refractivity contribution < 1.29 is 29.0 Å². The highest BCUT2D eigenvalue weighted by Crippen LogP contribution is 2.28. The molecular weight excluding hydrogens is 789 g/mol. The minimum Gasteiger partial charge on any atom is -0.476 e. The van der Waals surface area contributed by atoms with Crippen molar-refractivity contribution in [2.75, 3.05) is 88.3 Å². The molecule has 0 bridgehead atoms. The van der Waals surface area contributed by atoms with Crippen molar-refractivity contribution in [1.82, 2.24) is 39.2 Å². The lowest BCUT2D eigenvalue weighted by Crippen LogP contribution is -2.49. The molecule has 1 N–H and O–H groups in total. The van der Waals surface area contributed by atoms with Crippen LogP contribution in [0.25, 0.3) is 0 Å². The van der Waals surface area contributed by atoms with Crippen LogP contribution in [-0.2, 0) is 17.8 Å². The second kappa shape index (κ2) is 19.5. The maximum absolute atomic E-state index is 12.9. The van der Waals surface area contributed by atoms with E-state index in [1.165, 1.54) is 88.5 Å². The lowest BCUT2D eigenvalue weighted by molar-refractivity contribution is 0.00620. The van der Waals surface area contributed by atoms with Gasteiger partial charge in [0.15, 0.2) is 11.4 Å². The SMILES string of the molecule is Cc1ccc(CN2CCN(C(=O)n3ccc(C(=O)O)n3)CC2)cc1N1CCCC1.Cc1ccc(CN2CCN(C(=O)n3ccc(C(=O)OC(C)(C)C)n3)CC2)cc1N1CCCC1. The minimum atomic E-state index is -1.13. The Morgan fingerprint density at radius 1 is 0.581 bits per heavy atom. The Hall–Kier alpha value is -5.74. The smallest absolute Gasteiger partial charge is 0.359 e. The Labute approximate surface area is 364 Å². The van der Waals surface area contributed by atoms with E-state index in [9.17, 15) is 19.2 Å². The Morgan fingerprint density at radius 2 is 0.984 bits per heavy atom. The Morgan fingerprint density at radius 3 is 1.37 bits per heavy atom. The molecule has 0 saturated carbocycles. The van der Waals surface area contributed by atoms with Gasteiger partial charge in [-0.25, -0.2) is 19.2 Å². The number of carbonyl (C=O) groups is 4. The zero-order valence-corrected chi connectivity index (χ0v) is 37.0. The molecule has 4 aliphatic rings. The van der Waals surface area contributed by atoms with E-state index in [4.69, 9.17) is 9.84 Å². The number of aromatic nitrogens is 4. The van der Waals surface area contributed by atoms with Crippen molar-refractivity contribution in [3.63, 3.8) is 0 Å². The molecule has 4 saturated heterocycles. The first-order chi connectivity index (χ1) is 29.7. The van der Waals surface area contributed by atoms with E-state index in [-0.39, 0.29) is 23.5 Å². The monoisotopic (exact) mass is 850 g/mol. The van der Waals surface area contributed by atoms with Crippen molar-refractivity contribution >= 4 is 35.4 Å². The number of anilines is 2. The molecule has 0 atom stereocenters. The summed E-state index contributed by atoms with van der Waals surface area (Å²) < 4.78 is 7.68. The number of carbonyl (C=O) groups excluding carboxylic acids is 3. The Bertz CT molecular complexity index is 2200. The fourth-order valence-corrected chi connectivity index (χ4v) is 8.52. The number of amides is 2. The van der Waals surface area contributed by atoms with Gasteiger partial charge in [-0.1, -0.05) is 24.3 Å². The number of esters is 1. The fourth-order valence-electron chi connectivity index (χ4n) is 8.52. The van der Waals surface area contributed by atoms with E-state index in [1.54, 1.807) is 30.6 Å². The summed E-state index contributed by atoms with van der Waals surface area (Å²) >= 11 is 0. The van der Waals surface area contributed by atoms with Crippen molar-refractivity contribution in [1.29, 1.82) is 0 Å². The molecule has 62 heavy (non-hydrogen) atoms. The van der Waals surface area contributed by atoms with E-state index in [0.29, 0.717) is 26.2 Å². The first kappa shape index (κ1) is 44.3. The summed E-state index contributed by atoms with van der Waals surface area (Å²) in [5, 5.41) is 16.9. The highest BCUT2D eigenvalue weighted by Gasteiger charge is 2.27. The number of carboxylic acids is 1. The topological polar surface area (TPSA) is 153 Å². The second-order valence-corrected chi connectivity index (χ2v) is 17.8. The van der Waals surface area contributed by atoms with Gasteiger partial charge < -0.3 is 29.4 Å². The average Bonchev–Trinajstić information content (AvgIpc) is 4.11. The Balaban J connectivity index is 0.000000188. The number of hydrogen-bond donors (Lipinski definition) is 1. The third-order valence-electron chi connectivity index (χ3n) is 11.9. The summed E-state index contributed by atoms with van der Waals surface area (Å²) in [7, 11) is 0. The van der Waals surface area contributed by atoms with Crippen LogP contribution in [0.2, 0.25) is 0 Å². The number of aromatic carboxylic acids is 1. The molecule has 16 heteroatoms. The average molecular weight is 851 g/mol. The predicted molar refractivity (Wildman–Crippen MR) is 237 cm³/mol. The van der Waals surface area contributed by atoms with Crippen molar-refractivity contribution in [2.45, 2.75) is 79.0 Å². The molecule has 332 valence electrons. The summed E-state index contributed by atoms with van der Waals surface area (Å²) in [5.41, 5.74) is 7.41. The number of aryl methyl sites for hydroxylation is 2. The maximum Gasteiger partial charge on any atom is 0.359 e. The highest BCUT2D eigenvalue weighted by atomic mass is 16.6. The molecule has 8 rings (SSSR count). The van der Waals surface area contributed by atoms with Gasteiger partial charge in [-0.3, -0.25) is 9.80 Å². The molecule has 4 fully saturated rings. The normalized spacial score (nSPS) is 17.6. The number of ether oxygens (including phenoxy) is 1. The summed E-state index contributed by atoms with van der Waals surface area (Å²) in [5.74, 6) is -1.65. The van der Waals surface area contributed by atoms with Crippen LogP contribution >= 0.6 is 0 Å². The van der Waals surface area contributed by atoms with Gasteiger partial charge in [0.2, 0.25) is 0 Å². The molecule has 0 spiro atoms. The first-order valence-electron chi connectivity index (χ1n) is 22.0. The fraction of sp³-hybridized carbons (Fsp3) is 0.522. The van der Waals surface area contributed by atoms with E-state index >= 15 is 0 Å². The molecule has 4 aromatic rings. The van der Waals surface area contributed by atoms with E-state index in [1.807, 2.05) is 0 Å². The van der Waals surface area contributed by atoms with Gasteiger partial charge in [-0.05, 0) is 107 Å². The number of nitrogens with zero attached hydrogens (tertiary/aromatic N) is 10. The van der Waals surface area contributed by atoms with Crippen LogP contribution in [0.3, 0.4) is 0 Å². The van der Waals surface area contributed by atoms with Gasteiger partial charge in [0.25, 0.3) is 0 Å². The molecule has 2 aromatic carbocycles. The molecule has 0 radical (unpaired) electrons. The van der Waals surface area contributed by atoms with Crippen LogP contribution in [0.1, 0.15) is 89.7 Å². The van der Waals surface area contributed by atoms with Crippen molar-refractivity contribution in [3.05, 3.63) is 94.6 Å². The number of carboxylic acid groups (broad SMARTS) is 1. The van der Waals surface area contributed by atoms with Gasteiger partial charge in [-0.15, -0.1) is 0 Å². The number of hydrogen-bond acceptors (Lipinski definition) is 11. The summed E-state index contributed by atoms with van der Waals surface area (Å²) in [6.45, 7) is 21.7. The van der Waals surface area contributed by atoms with Crippen molar-refractivity contribution in [3.8, 4) is 0 Å². The van der Waals surface area contributed by atoms with Gasteiger partial charge >= 0.3 is 24.0 Å². The lowest BCUT2D eigenvalue weighted by atomic mass is 10.1. The van der Waals surface area contributed by atoms with Crippen LogP contribution in [0, 0.1) is 13.8 Å². The highest BCUT2D eigenvalue weighted by molar-refractivity contribution is 5.88. The van der Waals surface area contributed by atoms with Gasteiger partial charge in [0.1, 0.15) is 5.60 Å². The van der Waals surface area contributed by atoms with Gasteiger partial charge in [0, 0.05) is 115 Å². The number of benzene rings is 2. The van der Waals surface area contributed by atoms with Gasteiger partial charge in [-0.2, -0.15) is 19.6 Å². The molecule has 2 aromatic heterocycles. The third kappa shape index (κ3) is 11.2. The third-order valence-corrected chi connectivity index (χ3v) is 11.9. The predicted octanol–water partition coefficient (Wildman–Crippen LogP) is 5.81. The van der Waals surface area contributed by atoms with E-state index in [2.05, 4.69) is 80.0 Å². The molecule has 0 unspecified atom stereocenters. The molecule has 16 nitrogen and oxygen atoms in total. The largest absolute Gasteiger partial charge is 0.476 e. The molecule has 0 aliphatic carbocycles. The quantitative estimate of drug-likeness (QED) is 0.213. The standard InChI is InChI=1S/C25H35N5O3.C21H27N5O3/c1-19-7-8-20(17-22(19)28-10-5-6-11-28)18-27-13-15-29(16-14-27)24(32)30-12-9-21(26-30)23(31)33-25(2,3)4;1-16-4-5-17(14-19(16)24-7-2-3-8-24)15-23-10-12-25(13-11-23)21(29)26-9-6-18(22-26)20(27)28/h7-9,12,17H,5-6,10-11,13-16,18H2,1-4H3;4-6,9,14H,2-3,7-8,10-13,15H2,1H3,(H,27,28). The van der Waals surface area contributed by atoms with E-state index in [0.717, 1.165) is 70.1 Å². The minimum absolute atomic E-state index is 0.120. The van der Waals surface area contributed by atoms with Crippen LogP contribution in [0.15, 0.2) is 60.9 Å². The van der Waals surface area contributed by atoms with Crippen LogP contribution in [-0.4, -0.2) is 152 Å². The molecule has 2 amide bonds. The van der Waals surface area contributed by atoms with Gasteiger partial charge in [0.05, 0.1) is 0 Å². The summed E-state index contributed by atoms with van der Waals surface area (Å²) in [4.78, 5) is 61.8. The summed E-state index contributed by atoms with van der Waals surface area (Å²) in [6.07, 6.45) is 8.02. The zero-order chi connectivity index (χ0) is 44.0. The molecule has 4 aliphatic heterocycles. The number of piperazine rings is 2. The van der Waals surface area contributed by atoms with Crippen LogP contribution in [0.5, 0.6) is 0 Å². The maximum atomic E-state index is 12.9. The van der Waals surface area contributed by atoms with Crippen molar-refractivity contribution in [2.24, 2.45) is 0 Å². The summed E-state index contributed by atoms with van der Waals surface area (Å²) in [6, 6.07) is 15.9. The van der Waals surface area contributed by atoms with Crippen LogP contribution in [0.4, 0.5) is 21.0 Å². The zero-order valence-electron chi connectivity index (χ0n) is 37.0. The second-order valence-electron chi connectivity index (χ2n) is 17.8. The lowest BCUT2D eigenvalue weighted by Gasteiger charge is -2.34. The first-order valence-corrected chi connectivity index (χ1v) is 22.0. The van der Waals surface area contributed by atoms with E-state index < -0.39 is 17.5 Å². The Kier molecular flexibility index (Phi) is 14.0. The number of rotatable bonds is 8. The van der Waals surface area contributed by atoms with Crippen LogP contribution < -0.4 is 9.80 Å². The molecular formula is C46H62N10O6.